The Kier molecular flexibility index (Phi) is 5.40. The van der Waals surface area contributed by atoms with Crippen LogP contribution in [-0.4, -0.2) is 24.5 Å². The fourth-order valence-corrected chi connectivity index (χ4v) is 6.14. The summed E-state index contributed by atoms with van der Waals surface area (Å²) < 4.78 is 8.49. The molecule has 0 bridgehead atoms. The normalized spacial score (nSPS) is 11.6. The minimum atomic E-state index is 0.575. The molecular formula is C38H23N5O. The van der Waals surface area contributed by atoms with Gasteiger partial charge in [-0.2, -0.15) is 0 Å². The van der Waals surface area contributed by atoms with Gasteiger partial charge in [-0.15, -0.1) is 0 Å². The highest BCUT2D eigenvalue weighted by atomic mass is 16.3. The second-order valence-corrected chi connectivity index (χ2v) is 10.7. The van der Waals surface area contributed by atoms with Crippen molar-refractivity contribution in [2.45, 2.75) is 0 Å². The van der Waals surface area contributed by atoms with Crippen LogP contribution in [0.2, 0.25) is 0 Å². The van der Waals surface area contributed by atoms with E-state index in [0.29, 0.717) is 17.5 Å². The van der Waals surface area contributed by atoms with Crippen molar-refractivity contribution in [3.63, 3.8) is 0 Å². The highest BCUT2D eigenvalue weighted by Gasteiger charge is 2.19. The third kappa shape index (κ3) is 3.82. The van der Waals surface area contributed by atoms with Crippen LogP contribution < -0.4 is 0 Å². The third-order valence-corrected chi connectivity index (χ3v) is 8.16. The topological polar surface area (TPSA) is 69.6 Å². The van der Waals surface area contributed by atoms with Gasteiger partial charge in [0.1, 0.15) is 11.2 Å². The van der Waals surface area contributed by atoms with E-state index in [1.54, 1.807) is 6.20 Å². The van der Waals surface area contributed by atoms with Crippen LogP contribution in [0.4, 0.5) is 0 Å². The van der Waals surface area contributed by atoms with Gasteiger partial charge in [-0.25, -0.2) is 15.0 Å². The van der Waals surface area contributed by atoms with E-state index in [9.17, 15) is 0 Å². The number of furan rings is 1. The Hall–Kier alpha value is -6.14. The first-order chi connectivity index (χ1) is 21.8. The fourth-order valence-electron chi connectivity index (χ4n) is 6.14. The summed E-state index contributed by atoms with van der Waals surface area (Å²) in [7, 11) is 0. The van der Waals surface area contributed by atoms with Crippen LogP contribution in [0, 0.1) is 0 Å². The van der Waals surface area contributed by atoms with E-state index in [-0.39, 0.29) is 0 Å². The van der Waals surface area contributed by atoms with Crippen molar-refractivity contribution in [3.8, 4) is 39.9 Å². The Labute approximate surface area is 251 Å². The number of fused-ring (bicyclic) bond motifs is 6. The first-order valence-corrected chi connectivity index (χ1v) is 14.5. The molecule has 0 atom stereocenters. The van der Waals surface area contributed by atoms with Crippen LogP contribution in [0.5, 0.6) is 0 Å². The lowest BCUT2D eigenvalue weighted by Crippen LogP contribution is -2.03. The molecule has 206 valence electrons. The summed E-state index contributed by atoms with van der Waals surface area (Å²) in [6.07, 6.45) is 3.57. The molecule has 0 aliphatic heterocycles. The SMILES string of the molecule is c1ccc(-c2nc(-c3ccc4c(c3)oc3ccncc34)nc(-c3ccccc3-n3c4ccccc4c4ccccc43)n2)cc1. The number of rotatable bonds is 4. The number of pyridine rings is 1. The number of nitrogens with zero attached hydrogens (tertiary/aromatic N) is 5. The molecule has 0 spiro atoms. The maximum absolute atomic E-state index is 6.18. The zero-order chi connectivity index (χ0) is 29.0. The standard InChI is InChI=1S/C38H23N5O/c1-2-10-24(11-3-1)36-40-37(25-18-19-28-30-23-39-21-20-34(30)44-35(28)22-25)42-38(41-36)29-14-6-9-17-33(29)43-31-15-7-4-12-26(31)27-13-5-8-16-32(27)43/h1-23H. The van der Waals surface area contributed by atoms with Crippen molar-refractivity contribution in [2.75, 3.05) is 0 Å². The third-order valence-electron chi connectivity index (χ3n) is 8.16. The number of hydrogen-bond donors (Lipinski definition) is 0. The first-order valence-electron chi connectivity index (χ1n) is 14.5. The van der Waals surface area contributed by atoms with Crippen LogP contribution in [0.25, 0.3) is 83.6 Å². The van der Waals surface area contributed by atoms with Crippen LogP contribution in [0.1, 0.15) is 0 Å². The summed E-state index contributed by atoms with van der Waals surface area (Å²) in [5.74, 6) is 1.78. The molecule has 0 aliphatic carbocycles. The van der Waals surface area contributed by atoms with Crippen molar-refractivity contribution in [1.82, 2.24) is 24.5 Å². The molecule has 0 amide bonds. The first kappa shape index (κ1) is 24.5. The van der Waals surface area contributed by atoms with E-state index in [1.807, 2.05) is 60.8 Å². The minimum absolute atomic E-state index is 0.575. The molecule has 0 fully saturated rings. The van der Waals surface area contributed by atoms with Gasteiger partial charge < -0.3 is 8.98 Å². The van der Waals surface area contributed by atoms with Gasteiger partial charge in [-0.05, 0) is 42.5 Å². The van der Waals surface area contributed by atoms with Crippen LogP contribution in [-0.2, 0) is 0 Å². The molecule has 0 saturated heterocycles. The summed E-state index contributed by atoms with van der Waals surface area (Å²) in [5.41, 5.74) is 7.50. The number of aromatic nitrogens is 5. The molecule has 0 saturated carbocycles. The molecule has 9 aromatic rings. The molecule has 0 radical (unpaired) electrons. The van der Waals surface area contributed by atoms with Crippen LogP contribution in [0.15, 0.2) is 144 Å². The van der Waals surface area contributed by atoms with Crippen molar-refractivity contribution < 1.29 is 4.42 Å². The van der Waals surface area contributed by atoms with E-state index >= 15 is 0 Å². The van der Waals surface area contributed by atoms with Crippen LogP contribution in [0.3, 0.4) is 0 Å². The summed E-state index contributed by atoms with van der Waals surface area (Å²) in [4.78, 5) is 19.4. The lowest BCUT2D eigenvalue weighted by atomic mass is 10.1. The number of benzene rings is 5. The zero-order valence-corrected chi connectivity index (χ0v) is 23.4. The molecule has 4 aromatic heterocycles. The lowest BCUT2D eigenvalue weighted by Gasteiger charge is -2.14. The lowest BCUT2D eigenvalue weighted by molar-refractivity contribution is 0.668. The molecule has 44 heavy (non-hydrogen) atoms. The number of hydrogen-bond acceptors (Lipinski definition) is 5. The fraction of sp³-hybridized carbons (Fsp3) is 0. The Morgan fingerprint density at radius 3 is 1.93 bits per heavy atom. The largest absolute Gasteiger partial charge is 0.456 e. The van der Waals surface area contributed by atoms with Crippen molar-refractivity contribution in [1.29, 1.82) is 0 Å². The van der Waals surface area contributed by atoms with E-state index in [2.05, 4.69) is 82.3 Å². The number of para-hydroxylation sites is 3. The monoisotopic (exact) mass is 565 g/mol. The van der Waals surface area contributed by atoms with Crippen molar-refractivity contribution in [2.24, 2.45) is 0 Å². The van der Waals surface area contributed by atoms with E-state index in [4.69, 9.17) is 19.4 Å². The van der Waals surface area contributed by atoms with Gasteiger partial charge in [-0.1, -0.05) is 84.9 Å². The second kappa shape index (κ2) is 9.71. The van der Waals surface area contributed by atoms with Gasteiger partial charge in [0.15, 0.2) is 17.5 Å². The summed E-state index contributed by atoms with van der Waals surface area (Å²) in [6, 6.07) is 43.4. The smallest absolute Gasteiger partial charge is 0.166 e. The van der Waals surface area contributed by atoms with Gasteiger partial charge in [0.2, 0.25) is 0 Å². The Bertz CT molecular complexity index is 2460. The molecule has 0 N–H and O–H groups in total. The molecule has 0 unspecified atom stereocenters. The molecule has 9 rings (SSSR count). The van der Waals surface area contributed by atoms with Crippen molar-refractivity contribution >= 4 is 43.7 Å². The van der Waals surface area contributed by atoms with Crippen molar-refractivity contribution in [3.05, 3.63) is 140 Å². The summed E-state index contributed by atoms with van der Waals surface area (Å²) in [6.45, 7) is 0. The summed E-state index contributed by atoms with van der Waals surface area (Å²) in [5, 5.41) is 4.39. The molecule has 4 heterocycles. The minimum Gasteiger partial charge on any atom is -0.456 e. The molecule has 5 aromatic carbocycles. The van der Waals surface area contributed by atoms with E-state index < -0.39 is 0 Å². The maximum Gasteiger partial charge on any atom is 0.166 e. The average molecular weight is 566 g/mol. The summed E-state index contributed by atoms with van der Waals surface area (Å²) >= 11 is 0. The highest BCUT2D eigenvalue weighted by molar-refractivity contribution is 6.09. The average Bonchev–Trinajstić information content (AvgIpc) is 3.64. The van der Waals surface area contributed by atoms with Crippen LogP contribution >= 0.6 is 0 Å². The van der Waals surface area contributed by atoms with Gasteiger partial charge in [0.25, 0.3) is 0 Å². The predicted octanol–water partition coefficient (Wildman–Crippen LogP) is 9.26. The van der Waals surface area contributed by atoms with Gasteiger partial charge >= 0.3 is 0 Å². The molecular weight excluding hydrogens is 542 g/mol. The Balaban J connectivity index is 1.29. The molecule has 0 aliphatic rings. The quantitative estimate of drug-likeness (QED) is 0.213. The Morgan fingerprint density at radius 1 is 0.477 bits per heavy atom. The molecule has 6 heteroatoms. The highest BCUT2D eigenvalue weighted by Crippen LogP contribution is 2.37. The van der Waals surface area contributed by atoms with Gasteiger partial charge in [-0.3, -0.25) is 4.98 Å². The van der Waals surface area contributed by atoms with Gasteiger partial charge in [0, 0.05) is 50.6 Å². The zero-order valence-electron chi connectivity index (χ0n) is 23.4. The van der Waals surface area contributed by atoms with E-state index in [0.717, 1.165) is 55.3 Å². The molecule has 6 nitrogen and oxygen atoms in total. The Morgan fingerprint density at radius 2 is 1.14 bits per heavy atom. The maximum atomic E-state index is 6.18. The second-order valence-electron chi connectivity index (χ2n) is 10.7. The predicted molar refractivity (Wildman–Crippen MR) is 176 cm³/mol. The van der Waals surface area contributed by atoms with Gasteiger partial charge in [0.05, 0.1) is 16.7 Å². The van der Waals surface area contributed by atoms with E-state index in [1.165, 1.54) is 10.8 Å².